The van der Waals surface area contributed by atoms with Crippen molar-refractivity contribution >= 4 is 0 Å². The molecule has 1 atom stereocenters. The van der Waals surface area contributed by atoms with Crippen LogP contribution in [0.4, 0.5) is 0 Å². The maximum absolute atomic E-state index is 8.82. The van der Waals surface area contributed by atoms with Crippen LogP contribution in [0.3, 0.4) is 0 Å². The Morgan fingerprint density at radius 2 is 2.50 bits per heavy atom. The molecular formula is C12H15N3O. The van der Waals surface area contributed by atoms with Crippen LogP contribution >= 0.6 is 0 Å². The Bertz CT molecular complexity index is 405. The summed E-state index contributed by atoms with van der Waals surface area (Å²) >= 11 is 0. The molecule has 0 aromatic carbocycles. The number of ether oxygens (including phenoxy) is 1. The third kappa shape index (κ3) is 2.71. The van der Waals surface area contributed by atoms with E-state index < -0.39 is 0 Å². The van der Waals surface area contributed by atoms with Crippen LogP contribution in [0.5, 0.6) is 5.88 Å². The molecule has 0 aliphatic carbocycles. The van der Waals surface area contributed by atoms with E-state index in [1.807, 2.05) is 6.92 Å². The van der Waals surface area contributed by atoms with Gasteiger partial charge in [0.2, 0.25) is 5.88 Å². The first kappa shape index (κ1) is 10.9. The number of pyridine rings is 1. The highest BCUT2D eigenvalue weighted by Crippen LogP contribution is 2.14. The molecule has 1 N–H and O–H groups in total. The predicted octanol–water partition coefficient (Wildman–Crippen LogP) is 1.25. The lowest BCUT2D eigenvalue weighted by molar-refractivity contribution is 0.250. The number of rotatable bonds is 3. The molecule has 0 amide bonds. The van der Waals surface area contributed by atoms with Crippen LogP contribution in [-0.4, -0.2) is 24.7 Å². The van der Waals surface area contributed by atoms with Crippen molar-refractivity contribution in [2.24, 2.45) is 5.92 Å². The van der Waals surface area contributed by atoms with E-state index in [9.17, 15) is 0 Å². The summed E-state index contributed by atoms with van der Waals surface area (Å²) in [5, 5.41) is 12.1. The molecule has 84 valence electrons. The minimum absolute atomic E-state index is 0.559. The maximum atomic E-state index is 8.82. The van der Waals surface area contributed by atoms with Crippen LogP contribution in [0, 0.1) is 24.2 Å². The molecule has 1 aliphatic rings. The van der Waals surface area contributed by atoms with Crippen LogP contribution in [0.1, 0.15) is 17.7 Å². The van der Waals surface area contributed by atoms with E-state index in [1.54, 1.807) is 12.1 Å². The van der Waals surface area contributed by atoms with E-state index in [1.165, 1.54) is 0 Å². The number of aromatic nitrogens is 1. The van der Waals surface area contributed by atoms with Gasteiger partial charge in [0.25, 0.3) is 0 Å². The van der Waals surface area contributed by atoms with Gasteiger partial charge in [0, 0.05) is 24.2 Å². The highest BCUT2D eigenvalue weighted by atomic mass is 16.5. The van der Waals surface area contributed by atoms with Gasteiger partial charge in [-0.3, -0.25) is 0 Å². The van der Waals surface area contributed by atoms with Crippen LogP contribution in [0.2, 0.25) is 0 Å². The number of hydrogen-bond donors (Lipinski definition) is 1. The zero-order chi connectivity index (χ0) is 11.4. The smallest absolute Gasteiger partial charge is 0.214 e. The predicted molar refractivity (Wildman–Crippen MR) is 60.2 cm³/mol. The maximum Gasteiger partial charge on any atom is 0.214 e. The second-order valence-electron chi connectivity index (χ2n) is 4.12. The Morgan fingerprint density at radius 1 is 1.62 bits per heavy atom. The summed E-state index contributed by atoms with van der Waals surface area (Å²) in [7, 11) is 0. The van der Waals surface area contributed by atoms with E-state index in [-0.39, 0.29) is 0 Å². The Labute approximate surface area is 95.3 Å². The van der Waals surface area contributed by atoms with Gasteiger partial charge in [-0.1, -0.05) is 0 Å². The normalized spacial score (nSPS) is 19.4. The molecule has 1 unspecified atom stereocenters. The van der Waals surface area contributed by atoms with Crippen molar-refractivity contribution in [3.8, 4) is 11.9 Å². The Balaban J connectivity index is 1.98. The molecule has 1 aliphatic heterocycles. The molecule has 1 aromatic heterocycles. The summed E-state index contributed by atoms with van der Waals surface area (Å²) in [6.45, 7) is 4.62. The summed E-state index contributed by atoms with van der Waals surface area (Å²) in [4.78, 5) is 4.25. The van der Waals surface area contributed by atoms with E-state index in [2.05, 4.69) is 16.4 Å². The lowest BCUT2D eigenvalue weighted by atomic mass is 10.1. The van der Waals surface area contributed by atoms with Crippen molar-refractivity contribution in [3.05, 3.63) is 23.4 Å². The minimum atomic E-state index is 0.559. The highest BCUT2D eigenvalue weighted by molar-refractivity contribution is 5.34. The molecule has 1 saturated heterocycles. The van der Waals surface area contributed by atoms with Gasteiger partial charge in [0.1, 0.15) is 0 Å². The van der Waals surface area contributed by atoms with Crippen molar-refractivity contribution in [2.45, 2.75) is 13.3 Å². The summed E-state index contributed by atoms with van der Waals surface area (Å²) in [6.07, 6.45) is 1.15. The fourth-order valence-corrected chi connectivity index (χ4v) is 1.84. The zero-order valence-electron chi connectivity index (χ0n) is 9.36. The standard InChI is InChI=1S/C12H15N3O/c1-9-4-11(6-13)5-12(15-9)16-8-10-2-3-14-7-10/h4-5,10,14H,2-3,7-8H2,1H3. The summed E-state index contributed by atoms with van der Waals surface area (Å²) in [5.41, 5.74) is 1.42. The fourth-order valence-electron chi connectivity index (χ4n) is 1.84. The van der Waals surface area contributed by atoms with Crippen molar-refractivity contribution in [1.82, 2.24) is 10.3 Å². The van der Waals surface area contributed by atoms with Gasteiger partial charge in [-0.25, -0.2) is 4.98 Å². The van der Waals surface area contributed by atoms with Crippen LogP contribution in [0.25, 0.3) is 0 Å². The molecule has 0 saturated carbocycles. The molecular weight excluding hydrogens is 202 g/mol. The second kappa shape index (κ2) is 4.95. The van der Waals surface area contributed by atoms with Gasteiger partial charge < -0.3 is 10.1 Å². The van der Waals surface area contributed by atoms with E-state index >= 15 is 0 Å². The summed E-state index contributed by atoms with van der Waals surface area (Å²) in [5.74, 6) is 1.12. The van der Waals surface area contributed by atoms with Crippen LogP contribution < -0.4 is 10.1 Å². The largest absolute Gasteiger partial charge is 0.477 e. The molecule has 4 nitrogen and oxygen atoms in total. The highest BCUT2D eigenvalue weighted by Gasteiger charge is 2.15. The number of nitrogens with one attached hydrogen (secondary N) is 1. The van der Waals surface area contributed by atoms with Crippen LogP contribution in [-0.2, 0) is 0 Å². The molecule has 4 heteroatoms. The molecule has 16 heavy (non-hydrogen) atoms. The number of aryl methyl sites for hydroxylation is 1. The molecule has 0 radical (unpaired) electrons. The van der Waals surface area contributed by atoms with Gasteiger partial charge in [-0.2, -0.15) is 5.26 Å². The molecule has 1 fully saturated rings. The first-order valence-corrected chi connectivity index (χ1v) is 5.50. The Kier molecular flexibility index (Phi) is 3.37. The van der Waals surface area contributed by atoms with Crippen LogP contribution in [0.15, 0.2) is 12.1 Å². The van der Waals surface area contributed by atoms with E-state index in [0.717, 1.165) is 25.2 Å². The van der Waals surface area contributed by atoms with Crippen molar-refractivity contribution < 1.29 is 4.74 Å². The van der Waals surface area contributed by atoms with Gasteiger partial charge in [-0.05, 0) is 26.0 Å². The number of hydrogen-bond acceptors (Lipinski definition) is 4. The average Bonchev–Trinajstić information content (AvgIpc) is 2.78. The average molecular weight is 217 g/mol. The van der Waals surface area contributed by atoms with Gasteiger partial charge in [0.15, 0.2) is 0 Å². The topological polar surface area (TPSA) is 57.9 Å². The van der Waals surface area contributed by atoms with Gasteiger partial charge >= 0.3 is 0 Å². The SMILES string of the molecule is Cc1cc(C#N)cc(OCC2CCNC2)n1. The monoisotopic (exact) mass is 217 g/mol. The van der Waals surface area contributed by atoms with Crippen molar-refractivity contribution in [2.75, 3.05) is 19.7 Å². The molecule has 0 bridgehead atoms. The third-order valence-corrected chi connectivity index (χ3v) is 2.69. The first-order chi connectivity index (χ1) is 7.78. The second-order valence-corrected chi connectivity index (χ2v) is 4.12. The molecule has 2 rings (SSSR count). The quantitative estimate of drug-likeness (QED) is 0.827. The lowest BCUT2D eigenvalue weighted by Gasteiger charge is -2.10. The van der Waals surface area contributed by atoms with Crippen molar-refractivity contribution in [3.63, 3.8) is 0 Å². The zero-order valence-corrected chi connectivity index (χ0v) is 9.36. The van der Waals surface area contributed by atoms with Gasteiger partial charge in [0.05, 0.1) is 18.2 Å². The van der Waals surface area contributed by atoms with Gasteiger partial charge in [-0.15, -0.1) is 0 Å². The van der Waals surface area contributed by atoms with E-state index in [4.69, 9.17) is 10.00 Å². The Hall–Kier alpha value is -1.60. The lowest BCUT2D eigenvalue weighted by Crippen LogP contribution is -2.16. The van der Waals surface area contributed by atoms with Crippen molar-refractivity contribution in [1.29, 1.82) is 5.26 Å². The summed E-state index contributed by atoms with van der Waals surface area (Å²) < 4.78 is 5.61. The number of nitrogens with zero attached hydrogens (tertiary/aromatic N) is 2. The number of nitriles is 1. The third-order valence-electron chi connectivity index (χ3n) is 2.69. The Morgan fingerprint density at radius 3 is 3.19 bits per heavy atom. The van der Waals surface area contributed by atoms with E-state index in [0.29, 0.717) is 24.0 Å². The molecule has 0 spiro atoms. The summed E-state index contributed by atoms with van der Waals surface area (Å²) in [6, 6.07) is 5.55. The molecule has 1 aromatic rings. The fraction of sp³-hybridized carbons (Fsp3) is 0.500. The minimum Gasteiger partial charge on any atom is -0.477 e. The molecule has 2 heterocycles. The first-order valence-electron chi connectivity index (χ1n) is 5.50.